The molecular weight excluding hydrogens is 274 g/mol. The lowest BCUT2D eigenvalue weighted by Gasteiger charge is -2.11. The Bertz CT molecular complexity index is 457. The van der Waals surface area contributed by atoms with Gasteiger partial charge >= 0.3 is 5.97 Å². The van der Waals surface area contributed by atoms with Gasteiger partial charge in [-0.25, -0.2) is 0 Å². The minimum atomic E-state index is -0.242. The van der Waals surface area contributed by atoms with Crippen LogP contribution in [0.1, 0.15) is 58.2 Å². The van der Waals surface area contributed by atoms with Crippen LogP contribution in [0.3, 0.4) is 0 Å². The van der Waals surface area contributed by atoms with Gasteiger partial charge in [-0.15, -0.1) is 10.2 Å². The van der Waals surface area contributed by atoms with Crippen molar-refractivity contribution in [2.75, 3.05) is 6.61 Å². The Kier molecular flexibility index (Phi) is 5.46. The Morgan fingerprint density at radius 2 is 2.20 bits per heavy atom. The van der Waals surface area contributed by atoms with Crippen LogP contribution >= 0.6 is 11.8 Å². The van der Waals surface area contributed by atoms with Gasteiger partial charge < -0.3 is 9.30 Å². The zero-order valence-corrected chi connectivity index (χ0v) is 13.3. The molecule has 0 aromatic carbocycles. The third-order valence-corrected chi connectivity index (χ3v) is 4.42. The van der Waals surface area contributed by atoms with Gasteiger partial charge in [-0.1, -0.05) is 25.1 Å². The van der Waals surface area contributed by atoms with Crippen molar-refractivity contribution in [2.24, 2.45) is 0 Å². The molecule has 1 heterocycles. The summed E-state index contributed by atoms with van der Waals surface area (Å²) in [7, 11) is 0. The lowest BCUT2D eigenvalue weighted by molar-refractivity contribution is -0.142. The van der Waals surface area contributed by atoms with E-state index >= 15 is 0 Å². The molecule has 1 fully saturated rings. The van der Waals surface area contributed by atoms with Crippen molar-refractivity contribution in [3.05, 3.63) is 5.82 Å². The SMILES string of the molecule is CCCCOC(=O)C(C)Sc1nnc(C2CC2)n1CC. The van der Waals surface area contributed by atoms with Crippen LogP contribution in [-0.4, -0.2) is 32.6 Å². The number of hydrogen-bond donors (Lipinski definition) is 0. The van der Waals surface area contributed by atoms with E-state index in [2.05, 4.69) is 28.6 Å². The smallest absolute Gasteiger partial charge is 0.319 e. The molecule has 1 atom stereocenters. The van der Waals surface area contributed by atoms with Gasteiger partial charge in [-0.05, 0) is 33.1 Å². The fraction of sp³-hybridized carbons (Fsp3) is 0.786. The molecule has 1 saturated carbocycles. The first-order valence-electron chi connectivity index (χ1n) is 7.43. The molecule has 5 nitrogen and oxygen atoms in total. The third-order valence-electron chi connectivity index (χ3n) is 3.36. The summed E-state index contributed by atoms with van der Waals surface area (Å²) in [6.45, 7) is 7.38. The largest absolute Gasteiger partial charge is 0.465 e. The van der Waals surface area contributed by atoms with Crippen molar-refractivity contribution >= 4 is 17.7 Å². The van der Waals surface area contributed by atoms with Gasteiger partial charge in [-0.2, -0.15) is 0 Å². The minimum absolute atomic E-state index is 0.165. The van der Waals surface area contributed by atoms with Crippen LogP contribution in [0.4, 0.5) is 0 Å². The number of thioether (sulfide) groups is 1. The molecule has 0 saturated heterocycles. The molecule has 1 aliphatic carbocycles. The first-order valence-corrected chi connectivity index (χ1v) is 8.31. The van der Waals surface area contributed by atoms with Crippen LogP contribution < -0.4 is 0 Å². The number of unbranched alkanes of at least 4 members (excludes halogenated alkanes) is 1. The summed E-state index contributed by atoms with van der Waals surface area (Å²) in [6, 6.07) is 0. The topological polar surface area (TPSA) is 57.0 Å². The summed E-state index contributed by atoms with van der Waals surface area (Å²) in [5.41, 5.74) is 0. The predicted molar refractivity (Wildman–Crippen MR) is 78.9 cm³/mol. The van der Waals surface area contributed by atoms with Crippen LogP contribution in [-0.2, 0) is 16.1 Å². The maximum atomic E-state index is 11.9. The molecule has 112 valence electrons. The normalized spacial score (nSPS) is 16.1. The molecule has 0 bridgehead atoms. The van der Waals surface area contributed by atoms with E-state index < -0.39 is 0 Å². The zero-order chi connectivity index (χ0) is 14.5. The minimum Gasteiger partial charge on any atom is -0.465 e. The quantitative estimate of drug-likeness (QED) is 0.419. The monoisotopic (exact) mass is 297 g/mol. The second kappa shape index (κ2) is 7.11. The molecule has 1 aromatic heterocycles. The number of ether oxygens (including phenoxy) is 1. The molecule has 2 rings (SSSR count). The standard InChI is InChI=1S/C14H23N3O2S/c1-4-6-9-19-13(18)10(3)20-14-16-15-12(11-7-8-11)17(14)5-2/h10-11H,4-9H2,1-3H3. The van der Waals surface area contributed by atoms with Crippen molar-refractivity contribution in [3.8, 4) is 0 Å². The fourth-order valence-electron chi connectivity index (χ4n) is 1.97. The van der Waals surface area contributed by atoms with Gasteiger partial charge in [0, 0.05) is 12.5 Å². The summed E-state index contributed by atoms with van der Waals surface area (Å²) >= 11 is 1.44. The van der Waals surface area contributed by atoms with Gasteiger partial charge in [0.05, 0.1) is 6.61 Å². The average Bonchev–Trinajstić information content (AvgIpc) is 3.20. The molecule has 6 heteroatoms. The number of carbonyl (C=O) groups excluding carboxylic acids is 1. The van der Waals surface area contributed by atoms with Gasteiger partial charge in [-0.3, -0.25) is 4.79 Å². The van der Waals surface area contributed by atoms with Gasteiger partial charge in [0.2, 0.25) is 0 Å². The van der Waals surface area contributed by atoms with E-state index in [0.717, 1.165) is 30.4 Å². The molecule has 1 aliphatic rings. The number of aromatic nitrogens is 3. The van der Waals surface area contributed by atoms with Crippen LogP contribution in [0.25, 0.3) is 0 Å². The van der Waals surface area contributed by atoms with E-state index in [4.69, 9.17) is 4.74 Å². The number of carbonyl (C=O) groups is 1. The third kappa shape index (κ3) is 3.75. The van der Waals surface area contributed by atoms with E-state index in [-0.39, 0.29) is 11.2 Å². The Morgan fingerprint density at radius 3 is 2.80 bits per heavy atom. The lowest BCUT2D eigenvalue weighted by Crippen LogP contribution is -2.18. The molecule has 0 amide bonds. The zero-order valence-electron chi connectivity index (χ0n) is 12.5. The van der Waals surface area contributed by atoms with E-state index in [1.165, 1.54) is 24.6 Å². The molecular formula is C14H23N3O2S. The Balaban J connectivity index is 1.93. The van der Waals surface area contributed by atoms with Crippen molar-refractivity contribution in [1.29, 1.82) is 0 Å². The van der Waals surface area contributed by atoms with E-state index in [1.807, 2.05) is 6.92 Å². The number of nitrogens with zero attached hydrogens (tertiary/aromatic N) is 3. The predicted octanol–water partition coefficient (Wildman–Crippen LogP) is 3.00. The number of rotatable bonds is 8. The van der Waals surface area contributed by atoms with Crippen LogP contribution in [0.2, 0.25) is 0 Å². The molecule has 1 unspecified atom stereocenters. The number of hydrogen-bond acceptors (Lipinski definition) is 5. The van der Waals surface area contributed by atoms with E-state index in [1.54, 1.807) is 0 Å². The summed E-state index contributed by atoms with van der Waals surface area (Å²) in [5, 5.41) is 9.10. The van der Waals surface area contributed by atoms with E-state index in [0.29, 0.717) is 12.5 Å². The van der Waals surface area contributed by atoms with Gasteiger partial charge in [0.25, 0.3) is 0 Å². The van der Waals surface area contributed by atoms with Crippen LogP contribution in [0.15, 0.2) is 5.16 Å². The first kappa shape index (κ1) is 15.4. The van der Waals surface area contributed by atoms with Crippen molar-refractivity contribution in [2.45, 2.75) is 69.3 Å². The number of esters is 1. The highest BCUT2D eigenvalue weighted by atomic mass is 32.2. The highest BCUT2D eigenvalue weighted by Gasteiger charge is 2.30. The Labute approximate surface area is 124 Å². The van der Waals surface area contributed by atoms with Crippen LogP contribution in [0, 0.1) is 0 Å². The van der Waals surface area contributed by atoms with Crippen molar-refractivity contribution in [3.63, 3.8) is 0 Å². The van der Waals surface area contributed by atoms with Gasteiger partial charge in [0.1, 0.15) is 11.1 Å². The Hall–Kier alpha value is -1.04. The summed E-state index contributed by atoms with van der Waals surface area (Å²) in [5.74, 6) is 1.48. The Morgan fingerprint density at radius 1 is 1.45 bits per heavy atom. The summed E-state index contributed by atoms with van der Waals surface area (Å²) < 4.78 is 7.36. The lowest BCUT2D eigenvalue weighted by atomic mass is 10.4. The second-order valence-electron chi connectivity index (χ2n) is 5.14. The molecule has 1 aromatic rings. The van der Waals surface area contributed by atoms with Gasteiger partial charge in [0.15, 0.2) is 5.16 Å². The highest BCUT2D eigenvalue weighted by molar-refractivity contribution is 8.00. The molecule has 0 spiro atoms. The summed E-state index contributed by atoms with van der Waals surface area (Å²) in [6.07, 6.45) is 4.36. The molecule has 0 N–H and O–H groups in total. The fourth-order valence-corrected chi connectivity index (χ4v) is 2.89. The molecule has 20 heavy (non-hydrogen) atoms. The highest BCUT2D eigenvalue weighted by Crippen LogP contribution is 2.40. The maximum absolute atomic E-state index is 11.9. The first-order chi connectivity index (χ1) is 9.67. The van der Waals surface area contributed by atoms with Crippen molar-refractivity contribution in [1.82, 2.24) is 14.8 Å². The molecule has 0 aliphatic heterocycles. The van der Waals surface area contributed by atoms with Crippen LogP contribution in [0.5, 0.6) is 0 Å². The maximum Gasteiger partial charge on any atom is 0.319 e. The second-order valence-corrected chi connectivity index (χ2v) is 6.45. The average molecular weight is 297 g/mol. The van der Waals surface area contributed by atoms with Crippen molar-refractivity contribution < 1.29 is 9.53 Å². The van der Waals surface area contributed by atoms with E-state index in [9.17, 15) is 4.79 Å². The molecule has 0 radical (unpaired) electrons. The summed E-state index contributed by atoms with van der Waals surface area (Å²) in [4.78, 5) is 11.9.